The average Bonchev–Trinajstić information content (AvgIpc) is 3.60. The van der Waals surface area contributed by atoms with Crippen molar-refractivity contribution in [1.82, 2.24) is 28.9 Å². The Morgan fingerprint density at radius 1 is 0.735 bits per heavy atom. The van der Waals surface area contributed by atoms with Gasteiger partial charge in [-0.2, -0.15) is 24.3 Å². The van der Waals surface area contributed by atoms with Gasteiger partial charge >= 0.3 is 0 Å². The summed E-state index contributed by atoms with van der Waals surface area (Å²) in [6.07, 6.45) is 5.55. The van der Waals surface area contributed by atoms with Crippen molar-refractivity contribution in [2.75, 3.05) is 0 Å². The standard InChI is InChI=1S/C15H10N3.C12H8N3.Ir/c1-2-6-12(7-3-1)18-14-9-5-4-8-13(14)17-11-10-16-15(17)18;1-2-6-10-9(5-1)14-12(15-10)11-7-3-4-8-13-11;/h1-6,8-11H;1-8H;/q2*-1;. The molecule has 0 unspecified atom stereocenters. The van der Waals surface area contributed by atoms with E-state index < -0.39 is 0 Å². The van der Waals surface area contributed by atoms with Crippen LogP contribution in [0, 0.1) is 6.07 Å². The SMILES string of the molecule is [Ir].[c-]1ccccc1-n1c2ccccc2n2ccnc12.c1ccc(-c2nc3ccccc3[n-]2)nc1. The summed E-state index contributed by atoms with van der Waals surface area (Å²) in [5.74, 6) is 1.61. The molecule has 0 bridgehead atoms. The Balaban J connectivity index is 0.000000140. The maximum atomic E-state index is 4.44. The molecule has 34 heavy (non-hydrogen) atoms. The van der Waals surface area contributed by atoms with Crippen LogP contribution >= 0.6 is 0 Å². The Labute approximate surface area is 209 Å². The Morgan fingerprint density at radius 3 is 2.32 bits per heavy atom. The fourth-order valence-corrected chi connectivity index (χ4v) is 3.89. The summed E-state index contributed by atoms with van der Waals surface area (Å²) in [6, 6.07) is 33.0. The summed E-state index contributed by atoms with van der Waals surface area (Å²) >= 11 is 0. The normalized spacial score (nSPS) is 10.7. The summed E-state index contributed by atoms with van der Waals surface area (Å²) in [4.78, 5) is 17.5. The van der Waals surface area contributed by atoms with Gasteiger partial charge in [0, 0.05) is 38.7 Å². The molecular formula is C27H18IrN6-2. The van der Waals surface area contributed by atoms with Crippen molar-refractivity contribution in [2.24, 2.45) is 0 Å². The van der Waals surface area contributed by atoms with Crippen molar-refractivity contribution in [3.8, 4) is 17.2 Å². The van der Waals surface area contributed by atoms with Gasteiger partial charge in [0.1, 0.15) is 0 Å². The first-order valence-electron chi connectivity index (χ1n) is 10.6. The second-order valence-electron chi connectivity index (χ2n) is 7.42. The molecule has 0 spiro atoms. The predicted molar refractivity (Wildman–Crippen MR) is 129 cm³/mol. The predicted octanol–water partition coefficient (Wildman–Crippen LogP) is 5.33. The van der Waals surface area contributed by atoms with Crippen molar-refractivity contribution >= 4 is 27.8 Å². The van der Waals surface area contributed by atoms with Crippen LogP contribution in [0.1, 0.15) is 0 Å². The first-order valence-corrected chi connectivity index (χ1v) is 10.6. The van der Waals surface area contributed by atoms with E-state index in [0.29, 0.717) is 5.82 Å². The van der Waals surface area contributed by atoms with Crippen molar-refractivity contribution in [3.05, 3.63) is 116 Å². The largest absolute Gasteiger partial charge is 0.434 e. The molecule has 0 saturated carbocycles. The fraction of sp³-hybridized carbons (Fsp3) is 0. The van der Waals surface area contributed by atoms with Crippen molar-refractivity contribution in [3.63, 3.8) is 0 Å². The molecule has 6 nitrogen and oxygen atoms in total. The van der Waals surface area contributed by atoms with Gasteiger partial charge in [-0.05, 0) is 41.1 Å². The molecule has 7 aromatic rings. The van der Waals surface area contributed by atoms with Crippen LogP contribution in [0.25, 0.3) is 45.1 Å². The zero-order valence-electron chi connectivity index (χ0n) is 17.9. The van der Waals surface area contributed by atoms with E-state index in [4.69, 9.17) is 0 Å². The van der Waals surface area contributed by atoms with Crippen LogP contribution in [0.2, 0.25) is 0 Å². The molecule has 7 rings (SSSR count). The van der Waals surface area contributed by atoms with Gasteiger partial charge in [0.2, 0.25) is 5.78 Å². The number of benzene rings is 3. The van der Waals surface area contributed by atoms with Crippen LogP contribution in [-0.4, -0.2) is 23.9 Å². The molecule has 167 valence electrons. The third kappa shape index (κ3) is 3.92. The van der Waals surface area contributed by atoms with E-state index in [2.05, 4.69) is 47.1 Å². The Bertz CT molecular complexity index is 1630. The van der Waals surface area contributed by atoms with E-state index in [1.54, 1.807) is 6.20 Å². The Morgan fingerprint density at radius 2 is 1.53 bits per heavy atom. The van der Waals surface area contributed by atoms with E-state index in [1.165, 1.54) is 0 Å². The quantitative estimate of drug-likeness (QED) is 0.246. The topological polar surface area (TPSA) is 62.1 Å². The Kier molecular flexibility index (Phi) is 6.04. The first-order chi connectivity index (χ1) is 16.4. The van der Waals surface area contributed by atoms with Crippen LogP contribution in [0.3, 0.4) is 0 Å². The smallest absolute Gasteiger partial charge is 0.217 e. The zero-order chi connectivity index (χ0) is 22.0. The van der Waals surface area contributed by atoms with Crippen LogP contribution in [0.5, 0.6) is 0 Å². The molecule has 4 aromatic heterocycles. The number of imidazole rings is 3. The third-order valence-electron chi connectivity index (χ3n) is 5.37. The van der Waals surface area contributed by atoms with Crippen LogP contribution in [0.15, 0.2) is 110 Å². The van der Waals surface area contributed by atoms with Gasteiger partial charge in [0.15, 0.2) is 0 Å². The van der Waals surface area contributed by atoms with Crippen LogP contribution in [-0.2, 0) is 20.1 Å². The number of pyridine rings is 1. The maximum absolute atomic E-state index is 4.44. The summed E-state index contributed by atoms with van der Waals surface area (Å²) in [5.41, 5.74) is 5.95. The molecule has 0 aliphatic heterocycles. The summed E-state index contributed by atoms with van der Waals surface area (Å²) in [5, 5.41) is 0. The molecule has 0 atom stereocenters. The molecule has 0 aliphatic rings. The number of rotatable bonds is 2. The van der Waals surface area contributed by atoms with E-state index in [-0.39, 0.29) is 20.1 Å². The maximum Gasteiger partial charge on any atom is 0.217 e. The van der Waals surface area contributed by atoms with Crippen molar-refractivity contribution in [2.45, 2.75) is 0 Å². The summed E-state index contributed by atoms with van der Waals surface area (Å²) < 4.78 is 4.21. The minimum absolute atomic E-state index is 0. The summed E-state index contributed by atoms with van der Waals surface area (Å²) in [7, 11) is 0. The van der Waals surface area contributed by atoms with Crippen LogP contribution < -0.4 is 4.98 Å². The molecule has 0 N–H and O–H groups in total. The number of aromatic nitrogens is 6. The molecule has 1 radical (unpaired) electrons. The molecule has 7 heteroatoms. The molecule has 0 amide bonds. The van der Waals surface area contributed by atoms with Gasteiger partial charge in [-0.1, -0.05) is 48.2 Å². The number of nitrogens with zero attached hydrogens (tertiary/aromatic N) is 6. The van der Waals surface area contributed by atoms with Crippen molar-refractivity contribution in [1.29, 1.82) is 0 Å². The van der Waals surface area contributed by atoms with Gasteiger partial charge in [-0.3, -0.25) is 9.38 Å². The second-order valence-corrected chi connectivity index (χ2v) is 7.42. The second kappa shape index (κ2) is 9.43. The molecule has 0 fully saturated rings. The van der Waals surface area contributed by atoms with Crippen molar-refractivity contribution < 1.29 is 20.1 Å². The molecule has 0 saturated heterocycles. The number of fused-ring (bicyclic) bond motifs is 4. The van der Waals surface area contributed by atoms with Gasteiger partial charge in [-0.25, -0.2) is 4.98 Å². The van der Waals surface area contributed by atoms with Crippen LogP contribution in [0.4, 0.5) is 0 Å². The molecule has 4 heterocycles. The molecular weight excluding hydrogens is 601 g/mol. The third-order valence-corrected chi connectivity index (χ3v) is 5.37. The van der Waals surface area contributed by atoms with E-state index in [9.17, 15) is 0 Å². The van der Waals surface area contributed by atoms with Gasteiger partial charge in [0.05, 0.1) is 16.7 Å². The Hall–Kier alpha value is -4.06. The van der Waals surface area contributed by atoms with E-state index >= 15 is 0 Å². The minimum Gasteiger partial charge on any atom is -0.434 e. The average molecular weight is 619 g/mol. The molecule has 3 aromatic carbocycles. The number of hydrogen-bond donors (Lipinski definition) is 0. The summed E-state index contributed by atoms with van der Waals surface area (Å²) in [6.45, 7) is 0. The zero-order valence-corrected chi connectivity index (χ0v) is 20.3. The van der Waals surface area contributed by atoms with Gasteiger partial charge in [-0.15, -0.1) is 6.07 Å². The number of para-hydroxylation sites is 5. The monoisotopic (exact) mass is 619 g/mol. The van der Waals surface area contributed by atoms with E-state index in [1.807, 2.05) is 91.3 Å². The minimum atomic E-state index is 0. The molecule has 0 aliphatic carbocycles. The fourth-order valence-electron chi connectivity index (χ4n) is 3.89. The van der Waals surface area contributed by atoms with Gasteiger partial charge < -0.3 is 14.5 Å². The van der Waals surface area contributed by atoms with Gasteiger partial charge in [0.25, 0.3) is 0 Å². The van der Waals surface area contributed by atoms with E-state index in [0.717, 1.165) is 39.2 Å². The first kappa shape index (κ1) is 21.8. The number of hydrogen-bond acceptors (Lipinski definition) is 3.